The number of rotatable bonds is 17. The molecule has 84 heavy (non-hydrogen) atoms. The van der Waals surface area contributed by atoms with E-state index in [1.807, 2.05) is 13.8 Å². The van der Waals surface area contributed by atoms with Crippen LogP contribution in [0.4, 0.5) is 0 Å². The molecule has 6 heterocycles. The first-order valence-corrected chi connectivity index (χ1v) is 29.9. The van der Waals surface area contributed by atoms with Crippen LogP contribution >= 0.6 is 0 Å². The van der Waals surface area contributed by atoms with Gasteiger partial charge >= 0.3 is 0 Å². The van der Waals surface area contributed by atoms with Crippen molar-refractivity contribution in [2.45, 2.75) is 258 Å². The van der Waals surface area contributed by atoms with E-state index in [1.54, 1.807) is 0 Å². The summed E-state index contributed by atoms with van der Waals surface area (Å²) in [4.78, 5) is 0. The Morgan fingerprint density at radius 1 is 0.607 bits per heavy atom. The van der Waals surface area contributed by atoms with E-state index in [1.165, 1.54) is 6.92 Å². The number of fused-ring (bicyclic) bond motifs is 7. The van der Waals surface area contributed by atoms with Crippen LogP contribution in [0, 0.1) is 46.3 Å². The minimum atomic E-state index is -1.81. The van der Waals surface area contributed by atoms with Crippen LogP contribution in [0.15, 0.2) is 11.6 Å². The molecule has 0 amide bonds. The van der Waals surface area contributed by atoms with Gasteiger partial charge in [-0.05, 0) is 80.5 Å². The molecule has 4 aliphatic carbocycles. The number of aliphatic hydroxyl groups is 17. The Labute approximate surface area is 486 Å². The molecule has 28 heteroatoms. The van der Waals surface area contributed by atoms with Crippen LogP contribution in [0.5, 0.6) is 0 Å². The third-order valence-electron chi connectivity index (χ3n) is 21.3. The number of hydrogen-bond donors (Lipinski definition) is 17. The highest BCUT2D eigenvalue weighted by atomic mass is 16.8. The van der Waals surface area contributed by atoms with Crippen molar-refractivity contribution in [1.82, 2.24) is 0 Å². The monoisotopic (exact) mass is 1210 g/mol. The van der Waals surface area contributed by atoms with Crippen LogP contribution in [0.2, 0.25) is 0 Å². The first-order valence-electron chi connectivity index (χ1n) is 29.9. The maximum atomic E-state index is 12.4. The lowest BCUT2D eigenvalue weighted by molar-refractivity contribution is -0.386. The topological polar surface area (TPSA) is 445 Å². The second kappa shape index (κ2) is 25.7. The summed E-state index contributed by atoms with van der Waals surface area (Å²) in [6.07, 6.45) is -33.2. The fraction of sp³-hybridized carbons (Fsp3) is 0.964. The molecule has 6 aliphatic heterocycles. The van der Waals surface area contributed by atoms with E-state index in [4.69, 9.17) is 52.1 Å². The molecule has 0 aromatic heterocycles. The van der Waals surface area contributed by atoms with Crippen LogP contribution in [0.25, 0.3) is 0 Å². The SMILES string of the molecule is C[C@H](CC[C@@]1(O)O[C@H]2C[C@H]3[C@@H]4CC=C5C[C@@H](O[C@@H]6O[C@H](CO)[C@@H](O[C@@H]7OC[C@@H](O)[C@H](O)[C@H]7O)[C@H](O)[C@H]6O[C@@H]6O[C@@H](C)[C@H](O)[C@@H](O)[C@H]6O)C[C@@H](O)[C@]5(C)[C@H]4CC[C@]3(C)[C@H]2[C@@H]1C)CO[C@@H]1O[C@H](CO)[C@@H](O[C@@H]2O[C@H](CO)[C@@H](O)[C@H](O)[C@H]2O)[C@H](O)[C@H]1O. The maximum Gasteiger partial charge on any atom is 0.187 e. The molecule has 10 aliphatic rings. The highest BCUT2D eigenvalue weighted by molar-refractivity contribution is 5.28. The molecule has 0 unspecified atom stereocenters. The molecule has 6 saturated heterocycles. The lowest BCUT2D eigenvalue weighted by atomic mass is 9.46. The summed E-state index contributed by atoms with van der Waals surface area (Å²) in [6.45, 7) is 7.19. The molecule has 9 fully saturated rings. The zero-order chi connectivity index (χ0) is 60.8. The Kier molecular flexibility index (Phi) is 20.1. The zero-order valence-corrected chi connectivity index (χ0v) is 47.9. The first-order chi connectivity index (χ1) is 39.7. The normalized spacial score (nSPS) is 55.3. The summed E-state index contributed by atoms with van der Waals surface area (Å²) < 4.78 is 65.5. The number of hydrogen-bond acceptors (Lipinski definition) is 28. The molecule has 0 aromatic carbocycles. The van der Waals surface area contributed by atoms with E-state index in [2.05, 4.69) is 19.9 Å². The van der Waals surface area contributed by atoms with Gasteiger partial charge in [-0.3, -0.25) is 0 Å². The van der Waals surface area contributed by atoms with Crippen molar-refractivity contribution in [3.63, 3.8) is 0 Å². The van der Waals surface area contributed by atoms with E-state index in [-0.39, 0.29) is 66.5 Å². The molecule has 17 N–H and O–H groups in total. The summed E-state index contributed by atoms with van der Waals surface area (Å²) in [5.41, 5.74) is 0.123. The van der Waals surface area contributed by atoms with E-state index in [0.29, 0.717) is 25.7 Å². The van der Waals surface area contributed by atoms with Crippen LogP contribution in [-0.4, -0.2) is 291 Å². The number of ether oxygens (including phenoxy) is 11. The predicted molar refractivity (Wildman–Crippen MR) is 278 cm³/mol. The van der Waals surface area contributed by atoms with Gasteiger partial charge in [0.1, 0.15) is 110 Å². The standard InChI is InChI=1S/C56H92O28/c1-20(18-74-49-44(71)40(67)46(31(16-58)79-49)82-52-43(70)39(66)37(64)30(15-57)78-52)8-11-56(73)21(2)34-29(84-56)14-27-25-7-6-23-12-24(13-33(61)55(23,5)26(25)9-10-54(27,34)4)77-53-48(83-51-42(69)38(65)35(62)22(3)76-51)45(72)47(32(17-59)80-53)81-50-41(68)36(63)28(60)19-75-50/h6,20-22,24-53,57-73H,7-19H2,1-5H3/t20-,21+,22+,24-,25-,26+,27+,28-,29+,30-,31-,32-,33-,34+,35+,36+,37-,38-,39+,40-,41-,42-,43-,44-,45+,46-,47-,48-,49-,50+,51+,52+,53-,54+,55+,56-/m1/s1. The van der Waals surface area contributed by atoms with Gasteiger partial charge < -0.3 is 139 Å². The Hall–Kier alpha value is -1.38. The van der Waals surface area contributed by atoms with Crippen molar-refractivity contribution in [2.24, 2.45) is 46.3 Å². The van der Waals surface area contributed by atoms with Gasteiger partial charge in [0.25, 0.3) is 0 Å². The Bertz CT molecular complexity index is 2220. The molecular formula is C56H92O28. The van der Waals surface area contributed by atoms with Gasteiger partial charge in [0.05, 0.1) is 57.5 Å². The van der Waals surface area contributed by atoms with Gasteiger partial charge in [0, 0.05) is 24.2 Å². The van der Waals surface area contributed by atoms with Crippen LogP contribution < -0.4 is 0 Å². The molecule has 484 valence electrons. The van der Waals surface area contributed by atoms with E-state index < -0.39 is 197 Å². The molecule has 0 spiro atoms. The summed E-state index contributed by atoms with van der Waals surface area (Å²) >= 11 is 0. The van der Waals surface area contributed by atoms with Gasteiger partial charge in [-0.1, -0.05) is 39.3 Å². The molecule has 3 saturated carbocycles. The largest absolute Gasteiger partial charge is 0.394 e. The van der Waals surface area contributed by atoms with Crippen LogP contribution in [0.3, 0.4) is 0 Å². The Morgan fingerprint density at radius 2 is 1.19 bits per heavy atom. The summed E-state index contributed by atoms with van der Waals surface area (Å²) in [6, 6.07) is 0. The van der Waals surface area contributed by atoms with E-state index >= 15 is 0 Å². The molecule has 36 atom stereocenters. The van der Waals surface area contributed by atoms with E-state index in [9.17, 15) is 86.8 Å². The Balaban J connectivity index is 0.758. The molecular weight excluding hydrogens is 1120 g/mol. The van der Waals surface area contributed by atoms with Gasteiger partial charge in [0.2, 0.25) is 0 Å². The molecule has 0 bridgehead atoms. The number of aliphatic hydroxyl groups excluding tert-OH is 16. The second-order valence-corrected chi connectivity index (χ2v) is 26.3. The third-order valence-corrected chi connectivity index (χ3v) is 21.3. The lowest BCUT2D eigenvalue weighted by Crippen LogP contribution is -2.66. The molecule has 28 nitrogen and oxygen atoms in total. The highest BCUT2D eigenvalue weighted by Crippen LogP contribution is 2.70. The first kappa shape index (κ1) is 65.6. The van der Waals surface area contributed by atoms with Crippen molar-refractivity contribution in [1.29, 1.82) is 0 Å². The summed E-state index contributed by atoms with van der Waals surface area (Å²) in [7, 11) is 0. The molecule has 0 radical (unpaired) electrons. The second-order valence-electron chi connectivity index (χ2n) is 26.3. The summed E-state index contributed by atoms with van der Waals surface area (Å²) in [5, 5.41) is 183. The predicted octanol–water partition coefficient (Wildman–Crippen LogP) is -5.57. The van der Waals surface area contributed by atoms with E-state index in [0.717, 1.165) is 18.4 Å². The lowest BCUT2D eigenvalue weighted by Gasteiger charge is -2.60. The van der Waals surface area contributed by atoms with Gasteiger partial charge in [-0.2, -0.15) is 0 Å². The van der Waals surface area contributed by atoms with Gasteiger partial charge in [-0.25, -0.2) is 0 Å². The number of allylic oxidation sites excluding steroid dienone is 1. The Morgan fingerprint density at radius 3 is 1.87 bits per heavy atom. The van der Waals surface area contributed by atoms with Crippen LogP contribution in [-0.2, 0) is 52.1 Å². The van der Waals surface area contributed by atoms with Crippen molar-refractivity contribution in [3.05, 3.63) is 11.6 Å². The third kappa shape index (κ3) is 11.7. The molecule has 0 aromatic rings. The smallest absolute Gasteiger partial charge is 0.187 e. The fourth-order valence-electron chi connectivity index (χ4n) is 16.2. The minimum absolute atomic E-state index is 0.0203. The quantitative estimate of drug-likeness (QED) is 0.0604. The van der Waals surface area contributed by atoms with Gasteiger partial charge in [0.15, 0.2) is 37.2 Å². The highest BCUT2D eigenvalue weighted by Gasteiger charge is 2.69. The fourth-order valence-corrected chi connectivity index (χ4v) is 16.2. The van der Waals surface area contributed by atoms with Crippen molar-refractivity contribution in [2.75, 3.05) is 33.0 Å². The minimum Gasteiger partial charge on any atom is -0.394 e. The average molecular weight is 1210 g/mol. The summed E-state index contributed by atoms with van der Waals surface area (Å²) in [5.74, 6) is -1.43. The van der Waals surface area contributed by atoms with Crippen molar-refractivity contribution < 1.29 is 139 Å². The zero-order valence-electron chi connectivity index (χ0n) is 47.9. The maximum absolute atomic E-state index is 12.4. The molecule has 10 rings (SSSR count). The van der Waals surface area contributed by atoms with Crippen LogP contribution in [0.1, 0.15) is 86.0 Å². The average Bonchev–Trinajstić information content (AvgIpc) is 1.98. The van der Waals surface area contributed by atoms with Crippen molar-refractivity contribution >= 4 is 0 Å². The van der Waals surface area contributed by atoms with Crippen molar-refractivity contribution in [3.8, 4) is 0 Å². The van der Waals surface area contributed by atoms with Gasteiger partial charge in [-0.15, -0.1) is 0 Å².